The van der Waals surface area contributed by atoms with Gasteiger partial charge in [0.2, 0.25) is 17.0 Å². The highest BCUT2D eigenvalue weighted by atomic mass is 36.0. The number of ketones is 3. The summed E-state index contributed by atoms with van der Waals surface area (Å²) in [5, 5.41) is 20.5. The monoisotopic (exact) mass is 2100 g/mol. The van der Waals surface area contributed by atoms with Gasteiger partial charge in [0.05, 0.1) is 180 Å². The lowest BCUT2D eigenvalue weighted by molar-refractivity contribution is 0.0944. The van der Waals surface area contributed by atoms with Gasteiger partial charge >= 0.3 is 5.20 Å². The van der Waals surface area contributed by atoms with Crippen LogP contribution in [0.5, 0.6) is 28.7 Å². The van der Waals surface area contributed by atoms with Gasteiger partial charge in [-0.05, 0) is 113 Å². The van der Waals surface area contributed by atoms with Crippen molar-refractivity contribution in [1.82, 2.24) is 34.9 Å². The number of halogens is 9. The number of nitrogens with zero attached hydrogens (tertiary/aromatic N) is 6. The number of benzene rings is 5. The Balaban J connectivity index is 0.000000166. The van der Waals surface area contributed by atoms with Crippen LogP contribution in [-0.4, -0.2) is 94.1 Å². The van der Waals surface area contributed by atoms with Crippen molar-refractivity contribution >= 4 is 289 Å². The molecule has 41 heteroatoms. The van der Waals surface area contributed by atoms with Crippen LogP contribution in [0, 0.1) is 0 Å². The number of methoxy groups -OCH3 is 5. The molecule has 0 aliphatic carbocycles. The third-order valence-corrected chi connectivity index (χ3v) is 27.4. The molecule has 0 saturated carbocycles. The van der Waals surface area contributed by atoms with E-state index >= 15 is 0 Å². The molecule has 0 spiro atoms. The molecule has 26 nitrogen and oxygen atoms in total. The molecule has 702 valence electrons. The lowest BCUT2D eigenvalue weighted by Crippen LogP contribution is -2.22. The molecule has 1 unspecified atom stereocenters. The molecule has 1 atom stereocenters. The minimum atomic E-state index is -3.22. The van der Waals surface area contributed by atoms with E-state index in [1.54, 1.807) is 145 Å². The molecule has 0 amide bonds. The van der Waals surface area contributed by atoms with Gasteiger partial charge in [0.25, 0.3) is 0 Å². The zero-order valence-electron chi connectivity index (χ0n) is 72.5. The summed E-state index contributed by atoms with van der Waals surface area (Å²) in [5.41, 5.74) is 22.3. The number of carbonyl (C=O) groups is 4. The Bertz CT molecular complexity index is 7290. The van der Waals surface area contributed by atoms with Gasteiger partial charge in [0.15, 0.2) is 40.5 Å². The minimum absolute atomic E-state index is 0. The van der Waals surface area contributed by atoms with Crippen molar-refractivity contribution < 1.29 is 69.5 Å². The highest BCUT2D eigenvalue weighted by molar-refractivity contribution is 8.24. The Morgan fingerprint density at radius 2 is 0.887 bits per heavy atom. The first-order chi connectivity index (χ1) is 62.2. The summed E-state index contributed by atoms with van der Waals surface area (Å²) < 4.78 is 63.8. The van der Waals surface area contributed by atoms with Crippen LogP contribution >= 0.6 is 165 Å². The quantitative estimate of drug-likeness (QED) is 0.0268. The van der Waals surface area contributed by atoms with Crippen LogP contribution < -0.4 is 45.9 Å². The van der Waals surface area contributed by atoms with Crippen molar-refractivity contribution in [3.05, 3.63) is 206 Å². The molecule has 0 bridgehead atoms. The van der Waals surface area contributed by atoms with Crippen molar-refractivity contribution in [2.45, 2.75) is 133 Å². The number of Topliss-reactive ketones (excluding diaryl/α,β-unsaturated/α-hetero) is 2. The van der Waals surface area contributed by atoms with Crippen molar-refractivity contribution in [3.63, 3.8) is 0 Å². The minimum Gasteiger partial charge on any atom is -0.495 e. The summed E-state index contributed by atoms with van der Waals surface area (Å²) in [6.07, 6.45) is 4.14. The number of rotatable bonds is 18. The molecular weight excluding hydrogens is 2010 g/mol. The number of carbonyl (C=O) groups excluding carboxylic acids is 4. The molecule has 0 radical (unpaired) electrons. The summed E-state index contributed by atoms with van der Waals surface area (Å²) in [7, 11) is 7.70. The van der Waals surface area contributed by atoms with Gasteiger partial charge in [-0.1, -0.05) is 154 Å². The fourth-order valence-corrected chi connectivity index (χ4v) is 19.1. The Morgan fingerprint density at radius 3 is 1.35 bits per heavy atom. The number of allylic oxidation sites excluding steroid dienone is 1. The van der Waals surface area contributed by atoms with E-state index in [0.717, 1.165) is 54.1 Å². The molecule has 18 rings (SSSR count). The van der Waals surface area contributed by atoms with Gasteiger partial charge in [0, 0.05) is 75.9 Å². The number of aromatic nitrogens is 7. The van der Waals surface area contributed by atoms with Gasteiger partial charge in [-0.2, -0.15) is 0 Å². The molecule has 1 aliphatic heterocycles. The Kier molecular flexibility index (Phi) is 35.8. The Morgan fingerprint density at radius 1 is 0.489 bits per heavy atom. The second-order valence-electron chi connectivity index (χ2n) is 30.2. The largest absolute Gasteiger partial charge is 0.495 e. The number of thiazole rings is 5. The number of ether oxygens (including phenoxy) is 5. The van der Waals surface area contributed by atoms with Gasteiger partial charge in [0.1, 0.15) is 67.9 Å². The number of nitrogens with one attached hydrogen (secondary N) is 2. The van der Waals surface area contributed by atoms with Crippen LogP contribution in [0.15, 0.2) is 133 Å². The summed E-state index contributed by atoms with van der Waals surface area (Å²) in [6, 6.07) is 20.3. The first kappa shape index (κ1) is 105. The van der Waals surface area contributed by atoms with Crippen LogP contribution in [-0.2, 0) is 4.57 Å². The van der Waals surface area contributed by atoms with E-state index in [4.69, 9.17) is 132 Å². The van der Waals surface area contributed by atoms with Crippen LogP contribution in [0.1, 0.15) is 212 Å². The molecule has 1 aliphatic rings. The van der Waals surface area contributed by atoms with E-state index in [1.807, 2.05) is 21.5 Å². The average Bonchev–Trinajstić information content (AvgIpc) is 1.61. The number of nitrogens with two attached hydrogens (primary N) is 2. The number of furan rings is 5. The number of hydrogen-bond donors (Lipinski definition) is 4. The predicted octanol–water partition coefficient (Wildman–Crippen LogP) is 31.3. The van der Waals surface area contributed by atoms with Crippen LogP contribution in [0.3, 0.4) is 0 Å². The van der Waals surface area contributed by atoms with Crippen LogP contribution in [0.25, 0.3) is 106 Å². The van der Waals surface area contributed by atoms with Gasteiger partial charge < -0.3 is 67.5 Å². The topological polar surface area (TPSA) is 371 Å². The Hall–Kier alpha value is -9.77. The van der Waals surface area contributed by atoms with Gasteiger partial charge in [-0.25, -0.2) is 29.9 Å². The number of nitrogen functional groups attached to an aromatic ring is 2. The van der Waals surface area contributed by atoms with Crippen molar-refractivity contribution in [2.24, 2.45) is 0 Å². The normalized spacial score (nSPS) is 12.3. The molecule has 0 fully saturated rings. The van der Waals surface area contributed by atoms with Crippen LogP contribution in [0.2, 0.25) is 30.1 Å². The molecule has 6 N–H and O–H groups in total. The van der Waals surface area contributed by atoms with Crippen molar-refractivity contribution in [3.8, 4) is 51.5 Å². The maximum atomic E-state index is 12.6. The standard InChI is InChI=1S/C18H14Cl2N2O2S.C18H17ClN2O3S.C18H15ClN2O3S.C18H17ClN2O3S.C11H10ClNO3.C7H9NOS.2CH4.Cl3OP/c1-8(2)18-22-11(7-25-18)10-6-9(19)17-16(21-10)14-12(24-17)4-5-13(23-3)15(14)20;2*1-8(2)18-21-10(7-25-18)9-6-11(22)17-16(20-9)14-12(24-17)4-5-13(23-3)15(14)19;1-9(2)18-21-10(8-25-18)4-5-11(22)17-16(20)14-12(24-17)6-7-13(23-3)15(14)19;1-5(14)11-10(13)8-6(16-11)3-4-7(15-2)9(8)12;1-5(2)7-8-6(3-9)4-10-7;;;1-5(2,3)4/h4-8H,1-3H3;4-5,7-9,20H,6H2,1-3H3;4-8H,1-3H3,(H,20,22);4-9H,20H2,1-3H3;3-4H,13H2,1-2H3;3-5H,1-2H3;2*1H4;/b;;;5-4+;;;;;. The van der Waals surface area contributed by atoms with Crippen molar-refractivity contribution in [1.29, 1.82) is 0 Å². The molecule has 13 heterocycles. The lowest BCUT2D eigenvalue weighted by atomic mass is 9.99. The predicted molar refractivity (Wildman–Crippen MR) is 548 cm³/mol. The van der Waals surface area contributed by atoms with Crippen molar-refractivity contribution in [2.75, 3.05) is 52.3 Å². The number of fused-ring (bicyclic) bond motifs is 11. The van der Waals surface area contributed by atoms with E-state index in [9.17, 15) is 28.5 Å². The SMILES string of the molecule is C.C.CC(C)c1nc(C=O)cs1.COc1ccc2oc(C(=O)/C=C/c3csc(C(C)C)n3)c(N)c2c1Cl.COc1ccc2oc(C(C)=O)c(N)c2c1Cl.COc1ccc2oc3c(=O)cc(-c4csc(C(C)C)n4)[nH]c3c2c1Cl.COc1ccc2oc3c(Cl)cc(-c4csc(C(C)C)n4)nc3c2c1Cl.COc1ccc2oc3c(c2c1Cl)NC(c1csc(C(C)C)n1)CC3=O.O=P(Cl)(Cl)Cl. The second-order valence-corrected chi connectivity index (χ2v) is 43.6. The molecule has 133 heavy (non-hydrogen) atoms. The average molecular weight is 2100 g/mol. The maximum absolute atomic E-state index is 12.6. The summed E-state index contributed by atoms with van der Waals surface area (Å²) in [6.45, 7) is 22.3. The summed E-state index contributed by atoms with van der Waals surface area (Å²) in [5.74, 6) is 4.33. The summed E-state index contributed by atoms with van der Waals surface area (Å²) >= 11 is 59.9. The number of H-pyrrole nitrogens is 1. The number of anilines is 3. The van der Waals surface area contributed by atoms with E-state index in [0.29, 0.717) is 195 Å². The molecule has 12 aromatic heterocycles. The molecular formula is C92H90Cl9N10O16PS5. The highest BCUT2D eigenvalue weighted by Gasteiger charge is 2.35. The van der Waals surface area contributed by atoms with E-state index in [-0.39, 0.29) is 72.2 Å². The van der Waals surface area contributed by atoms with Gasteiger partial charge in [-0.15, -0.1) is 56.7 Å². The molecule has 5 aromatic carbocycles. The zero-order chi connectivity index (χ0) is 95.2. The van der Waals surface area contributed by atoms with E-state index in [1.165, 1.54) is 44.6 Å². The highest BCUT2D eigenvalue weighted by Crippen LogP contribution is 2.61. The molecule has 17 aromatic rings. The number of pyridine rings is 2. The van der Waals surface area contributed by atoms with Gasteiger partial charge in [-0.3, -0.25) is 28.5 Å². The smallest absolute Gasteiger partial charge is 0.339 e. The number of aldehydes is 1. The first-order valence-electron chi connectivity index (χ1n) is 39.6. The Labute approximate surface area is 828 Å². The third kappa shape index (κ3) is 23.7. The maximum Gasteiger partial charge on any atom is 0.339 e. The summed E-state index contributed by atoms with van der Waals surface area (Å²) in [4.78, 5) is 89.5. The number of aromatic amines is 1. The van der Waals surface area contributed by atoms with E-state index in [2.05, 4.69) is 138 Å². The lowest BCUT2D eigenvalue weighted by Gasteiger charge is -2.22. The zero-order valence-corrected chi connectivity index (χ0v) is 84.3. The fraction of sp³-hybridized carbons (Fsp3) is 0.272. The van der Waals surface area contributed by atoms with Crippen LogP contribution in [0.4, 0.5) is 17.1 Å². The fourth-order valence-electron chi connectivity index (χ4n) is 13.0. The number of hydrogen-bond acceptors (Lipinski definition) is 30. The second kappa shape index (κ2) is 45.3. The first-order valence-corrected chi connectivity index (χ1v) is 50.7. The molecule has 0 saturated heterocycles. The van der Waals surface area contributed by atoms with E-state index < -0.39 is 5.20 Å². The third-order valence-electron chi connectivity index (χ3n) is 19.5.